The molecule has 0 aromatic carbocycles. The summed E-state index contributed by atoms with van der Waals surface area (Å²) in [4.78, 5) is 21.0. The normalized spacial score (nSPS) is 12.5. The Morgan fingerprint density at radius 2 is 1.88 bits per heavy atom. The van der Waals surface area contributed by atoms with Gasteiger partial charge in [0.25, 0.3) is 5.91 Å². The molecule has 100 valence electrons. The maximum atomic E-state index is 11.9. The number of carbonyl (C=O) groups is 2. The Kier molecular flexibility index (Phi) is 8.27. The Hall–Kier alpha value is -1.20. The molecule has 0 aromatic rings. The minimum absolute atomic E-state index is 0.0768. The molecule has 1 amide bonds. The topological polar surface area (TPSA) is 66.4 Å². The van der Waals surface area contributed by atoms with E-state index < -0.39 is 18.3 Å². The molecular formula is C11H19F2NO3. The number of nitrogens with one attached hydrogen (secondary N) is 1. The number of halogens is 2. The van der Waals surface area contributed by atoms with Crippen LogP contribution in [0.2, 0.25) is 0 Å². The molecule has 0 aliphatic rings. The third-order valence-corrected chi connectivity index (χ3v) is 2.51. The zero-order chi connectivity index (χ0) is 13.3. The number of rotatable bonds is 9. The first-order chi connectivity index (χ1) is 7.97. The highest BCUT2D eigenvalue weighted by molar-refractivity contribution is 5.78. The standard InChI is InChI=1S/C11H19F2NO3/c1-2-3-8(4-5-9(15)16)6-7-14-11(17)10(12)13/h8,10H,2-7H2,1H3,(H,14,17)(H,15,16). The summed E-state index contributed by atoms with van der Waals surface area (Å²) in [6.07, 6.45) is -0.0929. The molecule has 4 nitrogen and oxygen atoms in total. The third-order valence-electron chi connectivity index (χ3n) is 2.51. The van der Waals surface area contributed by atoms with Crippen molar-refractivity contribution in [2.24, 2.45) is 5.92 Å². The molecule has 1 atom stereocenters. The first-order valence-electron chi connectivity index (χ1n) is 5.75. The Bertz CT molecular complexity index is 247. The lowest BCUT2D eigenvalue weighted by Gasteiger charge is -2.15. The average Bonchev–Trinajstić information content (AvgIpc) is 2.25. The lowest BCUT2D eigenvalue weighted by molar-refractivity contribution is -0.137. The molecule has 6 heteroatoms. The summed E-state index contributed by atoms with van der Waals surface area (Å²) in [7, 11) is 0. The van der Waals surface area contributed by atoms with Crippen LogP contribution in [0.1, 0.15) is 39.0 Å². The van der Waals surface area contributed by atoms with Crippen LogP contribution < -0.4 is 5.32 Å². The van der Waals surface area contributed by atoms with Crippen molar-refractivity contribution < 1.29 is 23.5 Å². The number of carboxylic acids is 1. The number of aliphatic carboxylic acids is 1. The molecule has 1 unspecified atom stereocenters. The van der Waals surface area contributed by atoms with E-state index >= 15 is 0 Å². The number of carbonyl (C=O) groups excluding carboxylic acids is 1. The van der Waals surface area contributed by atoms with Crippen LogP contribution in [0.5, 0.6) is 0 Å². The van der Waals surface area contributed by atoms with Crippen LogP contribution in [0.25, 0.3) is 0 Å². The number of hydrogen-bond donors (Lipinski definition) is 2. The first-order valence-corrected chi connectivity index (χ1v) is 5.75. The fourth-order valence-electron chi connectivity index (χ4n) is 1.65. The van der Waals surface area contributed by atoms with Crippen molar-refractivity contribution in [3.63, 3.8) is 0 Å². The van der Waals surface area contributed by atoms with Gasteiger partial charge in [-0.25, -0.2) is 0 Å². The lowest BCUT2D eigenvalue weighted by atomic mass is 9.94. The van der Waals surface area contributed by atoms with Crippen molar-refractivity contribution in [2.75, 3.05) is 6.54 Å². The molecule has 0 rings (SSSR count). The number of alkyl halides is 2. The maximum absolute atomic E-state index is 11.9. The fourth-order valence-corrected chi connectivity index (χ4v) is 1.65. The number of amides is 1. The van der Waals surface area contributed by atoms with Gasteiger partial charge in [-0.3, -0.25) is 9.59 Å². The van der Waals surface area contributed by atoms with Gasteiger partial charge in [0.1, 0.15) is 0 Å². The molecule has 0 bridgehead atoms. The second kappa shape index (κ2) is 8.90. The van der Waals surface area contributed by atoms with E-state index in [1.54, 1.807) is 0 Å². The molecule has 0 aliphatic heterocycles. The van der Waals surface area contributed by atoms with Crippen molar-refractivity contribution in [1.29, 1.82) is 0 Å². The van der Waals surface area contributed by atoms with Crippen LogP contribution in [0.3, 0.4) is 0 Å². The Labute approximate surface area is 99.4 Å². The third kappa shape index (κ3) is 8.59. The van der Waals surface area contributed by atoms with E-state index in [-0.39, 0.29) is 18.9 Å². The molecule has 0 heterocycles. The summed E-state index contributed by atoms with van der Waals surface area (Å²) in [6, 6.07) is 0. The van der Waals surface area contributed by atoms with Crippen LogP contribution in [0, 0.1) is 5.92 Å². The van der Waals surface area contributed by atoms with E-state index in [1.165, 1.54) is 0 Å². The second-order valence-corrected chi connectivity index (χ2v) is 3.97. The van der Waals surface area contributed by atoms with E-state index in [2.05, 4.69) is 5.32 Å². The van der Waals surface area contributed by atoms with Crippen LogP contribution in [-0.2, 0) is 9.59 Å². The van der Waals surface area contributed by atoms with Gasteiger partial charge in [0.15, 0.2) is 0 Å². The van der Waals surface area contributed by atoms with Crippen molar-refractivity contribution in [2.45, 2.75) is 45.5 Å². The second-order valence-electron chi connectivity index (χ2n) is 3.97. The minimum Gasteiger partial charge on any atom is -0.481 e. The van der Waals surface area contributed by atoms with Gasteiger partial charge in [0.2, 0.25) is 0 Å². The van der Waals surface area contributed by atoms with Gasteiger partial charge in [-0.15, -0.1) is 0 Å². The van der Waals surface area contributed by atoms with E-state index in [9.17, 15) is 18.4 Å². The summed E-state index contributed by atoms with van der Waals surface area (Å²) in [5.41, 5.74) is 0. The molecule has 0 fully saturated rings. The smallest absolute Gasteiger partial charge is 0.315 e. The van der Waals surface area contributed by atoms with E-state index in [4.69, 9.17) is 5.11 Å². The predicted molar refractivity (Wildman–Crippen MR) is 58.9 cm³/mol. The van der Waals surface area contributed by atoms with Crippen molar-refractivity contribution in [3.8, 4) is 0 Å². The molecule has 0 radical (unpaired) electrons. The summed E-state index contributed by atoms with van der Waals surface area (Å²) in [5, 5.41) is 10.7. The Morgan fingerprint density at radius 1 is 1.24 bits per heavy atom. The molecule has 0 aliphatic carbocycles. The molecule has 0 aromatic heterocycles. The molecular weight excluding hydrogens is 232 g/mol. The fraction of sp³-hybridized carbons (Fsp3) is 0.818. The summed E-state index contributed by atoms with van der Waals surface area (Å²) in [6.45, 7) is 2.15. The van der Waals surface area contributed by atoms with Gasteiger partial charge in [-0.1, -0.05) is 19.8 Å². The number of hydrogen-bond acceptors (Lipinski definition) is 2. The van der Waals surface area contributed by atoms with Crippen molar-refractivity contribution >= 4 is 11.9 Å². The molecule has 0 saturated heterocycles. The van der Waals surface area contributed by atoms with Crippen LogP contribution in [-0.4, -0.2) is 30.0 Å². The van der Waals surface area contributed by atoms with E-state index in [0.29, 0.717) is 12.8 Å². The zero-order valence-electron chi connectivity index (χ0n) is 9.92. The summed E-state index contributed by atoms with van der Waals surface area (Å²) in [5.74, 6) is -1.96. The highest BCUT2D eigenvalue weighted by Gasteiger charge is 2.15. The van der Waals surface area contributed by atoms with Crippen molar-refractivity contribution in [1.82, 2.24) is 5.32 Å². The largest absolute Gasteiger partial charge is 0.481 e. The minimum atomic E-state index is -2.99. The maximum Gasteiger partial charge on any atom is 0.315 e. The molecule has 0 spiro atoms. The van der Waals surface area contributed by atoms with Gasteiger partial charge in [-0.2, -0.15) is 8.78 Å². The van der Waals surface area contributed by atoms with E-state index in [1.807, 2.05) is 6.92 Å². The van der Waals surface area contributed by atoms with Gasteiger partial charge >= 0.3 is 12.4 Å². The van der Waals surface area contributed by atoms with E-state index in [0.717, 1.165) is 12.8 Å². The lowest BCUT2D eigenvalue weighted by Crippen LogP contribution is -2.31. The molecule has 17 heavy (non-hydrogen) atoms. The summed E-state index contributed by atoms with van der Waals surface area (Å²) < 4.78 is 23.7. The van der Waals surface area contributed by atoms with Crippen LogP contribution in [0.15, 0.2) is 0 Å². The monoisotopic (exact) mass is 251 g/mol. The quantitative estimate of drug-likeness (QED) is 0.659. The van der Waals surface area contributed by atoms with Crippen LogP contribution in [0.4, 0.5) is 8.78 Å². The molecule has 0 saturated carbocycles. The highest BCUT2D eigenvalue weighted by Crippen LogP contribution is 2.17. The SMILES string of the molecule is CCCC(CCNC(=O)C(F)F)CCC(=O)O. The van der Waals surface area contributed by atoms with Gasteiger partial charge in [0.05, 0.1) is 0 Å². The molecule has 2 N–H and O–H groups in total. The predicted octanol–water partition coefficient (Wildman–Crippen LogP) is 2.04. The average molecular weight is 251 g/mol. The Morgan fingerprint density at radius 3 is 2.35 bits per heavy atom. The number of carboxylic acid groups (broad SMARTS) is 1. The van der Waals surface area contributed by atoms with Gasteiger partial charge in [0, 0.05) is 13.0 Å². The Balaban J connectivity index is 3.83. The van der Waals surface area contributed by atoms with Gasteiger partial charge in [-0.05, 0) is 18.8 Å². The van der Waals surface area contributed by atoms with Gasteiger partial charge < -0.3 is 10.4 Å². The first kappa shape index (κ1) is 15.8. The highest BCUT2D eigenvalue weighted by atomic mass is 19.3. The van der Waals surface area contributed by atoms with Crippen LogP contribution >= 0.6 is 0 Å². The summed E-state index contributed by atoms with van der Waals surface area (Å²) >= 11 is 0. The van der Waals surface area contributed by atoms with Crippen molar-refractivity contribution in [3.05, 3.63) is 0 Å². The zero-order valence-corrected chi connectivity index (χ0v) is 9.92.